The van der Waals surface area contributed by atoms with Crippen molar-refractivity contribution in [1.82, 2.24) is 0 Å². The number of halogens is 1. The van der Waals surface area contributed by atoms with Crippen LogP contribution in [0.4, 0.5) is 21.5 Å². The zero-order chi connectivity index (χ0) is 19.4. The summed E-state index contributed by atoms with van der Waals surface area (Å²) in [4.78, 5) is 19.0. The van der Waals surface area contributed by atoms with Crippen molar-refractivity contribution < 1.29 is 9.18 Å². The van der Waals surface area contributed by atoms with Crippen molar-refractivity contribution >= 4 is 29.2 Å². The molecular formula is C22H26FN3O. The number of fused-ring (bicyclic) bond motifs is 1. The van der Waals surface area contributed by atoms with E-state index in [1.807, 2.05) is 12.1 Å². The molecular weight excluding hydrogens is 341 g/mol. The average Bonchev–Trinajstić information content (AvgIpc) is 2.96. The number of hydrogen-bond acceptors (Lipinski definition) is 3. The van der Waals surface area contributed by atoms with Gasteiger partial charge in [0.05, 0.1) is 5.69 Å². The highest BCUT2D eigenvalue weighted by Gasteiger charge is 2.31. The molecule has 4 nitrogen and oxygen atoms in total. The predicted molar refractivity (Wildman–Crippen MR) is 110 cm³/mol. The van der Waals surface area contributed by atoms with Crippen molar-refractivity contribution in [2.45, 2.75) is 39.5 Å². The Balaban J connectivity index is 1.83. The molecule has 142 valence electrons. The van der Waals surface area contributed by atoms with Crippen LogP contribution in [-0.4, -0.2) is 25.2 Å². The summed E-state index contributed by atoms with van der Waals surface area (Å²) >= 11 is 0. The van der Waals surface area contributed by atoms with E-state index in [9.17, 15) is 9.18 Å². The van der Waals surface area contributed by atoms with Crippen LogP contribution in [0.25, 0.3) is 0 Å². The van der Waals surface area contributed by atoms with Crippen LogP contribution in [0.15, 0.2) is 41.4 Å². The van der Waals surface area contributed by atoms with Gasteiger partial charge in [-0.25, -0.2) is 4.39 Å². The predicted octanol–water partition coefficient (Wildman–Crippen LogP) is 5.20. The summed E-state index contributed by atoms with van der Waals surface area (Å²) in [6, 6.07) is 10.7. The van der Waals surface area contributed by atoms with Crippen molar-refractivity contribution in [3.8, 4) is 0 Å². The maximum Gasteiger partial charge on any atom is 0.237 e. The fraction of sp³-hybridized carbons (Fsp3) is 0.364. The van der Waals surface area contributed by atoms with E-state index in [-0.39, 0.29) is 11.7 Å². The van der Waals surface area contributed by atoms with Crippen LogP contribution in [0.2, 0.25) is 0 Å². The second kappa shape index (κ2) is 8.33. The molecule has 5 heteroatoms. The molecule has 2 aromatic carbocycles. The first-order valence-corrected chi connectivity index (χ1v) is 9.54. The molecule has 0 fully saturated rings. The zero-order valence-electron chi connectivity index (χ0n) is 16.1. The lowest BCUT2D eigenvalue weighted by Crippen LogP contribution is -2.25. The largest absolute Gasteiger partial charge is 0.371 e. The Hall–Kier alpha value is -2.69. The second-order valence-corrected chi connectivity index (χ2v) is 6.90. The van der Waals surface area contributed by atoms with Gasteiger partial charge in [-0.1, -0.05) is 19.9 Å². The van der Waals surface area contributed by atoms with Crippen LogP contribution in [0.1, 0.15) is 43.7 Å². The highest BCUT2D eigenvalue weighted by Crippen LogP contribution is 2.34. The summed E-state index contributed by atoms with van der Waals surface area (Å²) in [7, 11) is 0. The van der Waals surface area contributed by atoms with Crippen LogP contribution >= 0.6 is 0 Å². The van der Waals surface area contributed by atoms with Gasteiger partial charge in [-0.15, -0.1) is 0 Å². The zero-order valence-corrected chi connectivity index (χ0v) is 16.1. The molecule has 1 amide bonds. The second-order valence-electron chi connectivity index (χ2n) is 6.90. The first-order chi connectivity index (χ1) is 13.0. The van der Waals surface area contributed by atoms with Gasteiger partial charge in [0.25, 0.3) is 0 Å². The first kappa shape index (κ1) is 19.1. The van der Waals surface area contributed by atoms with E-state index in [0.717, 1.165) is 37.2 Å². The fourth-order valence-corrected chi connectivity index (χ4v) is 3.57. The molecule has 0 aliphatic carbocycles. The molecule has 0 saturated carbocycles. The molecule has 1 aliphatic heterocycles. The minimum absolute atomic E-state index is 0.246. The molecule has 0 saturated heterocycles. The van der Waals surface area contributed by atoms with E-state index >= 15 is 0 Å². The number of carbonyl (C=O) groups is 1. The van der Waals surface area contributed by atoms with Crippen LogP contribution in [0.3, 0.4) is 0 Å². The number of anilines is 2. The van der Waals surface area contributed by atoms with E-state index in [1.54, 1.807) is 12.1 Å². The number of amides is 1. The Morgan fingerprint density at radius 3 is 2.59 bits per heavy atom. The molecule has 1 N–H and O–H groups in total. The molecule has 0 bridgehead atoms. The fourth-order valence-electron chi connectivity index (χ4n) is 3.57. The molecule has 0 spiro atoms. The van der Waals surface area contributed by atoms with E-state index < -0.39 is 5.92 Å². The maximum absolute atomic E-state index is 14.1. The quantitative estimate of drug-likeness (QED) is 0.684. The Bertz CT molecular complexity index is 857. The summed E-state index contributed by atoms with van der Waals surface area (Å²) in [5.41, 5.74) is 4.03. The number of hydrogen-bond donors (Lipinski definition) is 1. The lowest BCUT2D eigenvalue weighted by Gasteiger charge is -2.25. The number of carbonyl (C=O) groups excluding carboxylic acids is 1. The van der Waals surface area contributed by atoms with Crippen molar-refractivity contribution in [2.75, 3.05) is 23.3 Å². The summed E-state index contributed by atoms with van der Waals surface area (Å²) < 4.78 is 14.1. The molecule has 27 heavy (non-hydrogen) atoms. The minimum atomic E-state index is -0.696. The van der Waals surface area contributed by atoms with Gasteiger partial charge in [-0.2, -0.15) is 0 Å². The van der Waals surface area contributed by atoms with Crippen LogP contribution in [-0.2, 0) is 4.79 Å². The summed E-state index contributed by atoms with van der Waals surface area (Å²) in [6.45, 7) is 8.48. The van der Waals surface area contributed by atoms with Gasteiger partial charge in [0, 0.05) is 36.2 Å². The van der Waals surface area contributed by atoms with Crippen molar-refractivity contribution in [3.63, 3.8) is 0 Å². The topological polar surface area (TPSA) is 44.7 Å². The Kier molecular flexibility index (Phi) is 5.89. The highest BCUT2D eigenvalue weighted by molar-refractivity contribution is 6.12. The SMILES string of the molecule is CCCN(CCC)c1ccc(N=CC2C(=O)Nc3cccc(F)c32)cc1C. The van der Waals surface area contributed by atoms with E-state index in [4.69, 9.17) is 0 Å². The lowest BCUT2D eigenvalue weighted by atomic mass is 10.0. The third kappa shape index (κ3) is 4.02. The highest BCUT2D eigenvalue weighted by atomic mass is 19.1. The molecule has 1 unspecified atom stereocenters. The van der Waals surface area contributed by atoms with Gasteiger partial charge >= 0.3 is 0 Å². The molecule has 1 aliphatic rings. The monoisotopic (exact) mass is 367 g/mol. The number of rotatable bonds is 7. The van der Waals surface area contributed by atoms with Gasteiger partial charge in [0.1, 0.15) is 11.7 Å². The van der Waals surface area contributed by atoms with Gasteiger partial charge in [-0.3, -0.25) is 9.79 Å². The standard InChI is InChI=1S/C22H26FN3O/c1-4-11-26(12-5-2)20-10-9-16(13-15(20)3)24-14-17-21-18(23)7-6-8-19(21)25-22(17)27/h6-10,13-14,17H,4-5,11-12H2,1-3H3,(H,25,27). The summed E-state index contributed by atoms with van der Waals surface area (Å²) in [6.07, 6.45) is 3.73. The Labute approximate surface area is 160 Å². The first-order valence-electron chi connectivity index (χ1n) is 9.54. The number of nitrogens with one attached hydrogen (secondary N) is 1. The summed E-state index contributed by atoms with van der Waals surface area (Å²) in [5.74, 6) is -1.33. The maximum atomic E-state index is 14.1. The van der Waals surface area contributed by atoms with Gasteiger partial charge < -0.3 is 10.2 Å². The number of aryl methyl sites for hydroxylation is 1. The van der Waals surface area contributed by atoms with E-state index in [0.29, 0.717) is 11.3 Å². The molecule has 0 aromatic heterocycles. The Morgan fingerprint density at radius 2 is 1.93 bits per heavy atom. The molecule has 0 radical (unpaired) electrons. The van der Waals surface area contributed by atoms with Gasteiger partial charge in [0.15, 0.2) is 0 Å². The third-order valence-electron chi connectivity index (χ3n) is 4.79. The van der Waals surface area contributed by atoms with Crippen LogP contribution in [0, 0.1) is 12.7 Å². The third-order valence-corrected chi connectivity index (χ3v) is 4.79. The van der Waals surface area contributed by atoms with Crippen LogP contribution < -0.4 is 10.2 Å². The Morgan fingerprint density at radius 1 is 1.19 bits per heavy atom. The number of aliphatic imine (C=N–C) groups is 1. The number of benzene rings is 2. The smallest absolute Gasteiger partial charge is 0.237 e. The normalized spacial score (nSPS) is 15.9. The van der Waals surface area contributed by atoms with Crippen molar-refractivity contribution in [2.24, 2.45) is 4.99 Å². The molecule has 3 rings (SSSR count). The molecule has 2 aromatic rings. The number of nitrogens with zero attached hydrogens (tertiary/aromatic N) is 2. The molecule has 1 heterocycles. The van der Waals surface area contributed by atoms with Crippen molar-refractivity contribution in [3.05, 3.63) is 53.3 Å². The summed E-state index contributed by atoms with van der Waals surface area (Å²) in [5, 5.41) is 2.71. The van der Waals surface area contributed by atoms with E-state index in [1.165, 1.54) is 18.0 Å². The van der Waals surface area contributed by atoms with Crippen LogP contribution in [0.5, 0.6) is 0 Å². The average molecular weight is 367 g/mol. The van der Waals surface area contributed by atoms with Gasteiger partial charge in [-0.05, 0) is 55.7 Å². The van der Waals surface area contributed by atoms with E-state index in [2.05, 4.69) is 42.0 Å². The van der Waals surface area contributed by atoms with Gasteiger partial charge in [0.2, 0.25) is 5.91 Å². The lowest BCUT2D eigenvalue weighted by molar-refractivity contribution is -0.115. The van der Waals surface area contributed by atoms with Crippen molar-refractivity contribution in [1.29, 1.82) is 0 Å². The minimum Gasteiger partial charge on any atom is -0.371 e. The molecule has 1 atom stereocenters.